The van der Waals surface area contributed by atoms with Gasteiger partial charge in [-0.3, -0.25) is 0 Å². The van der Waals surface area contributed by atoms with Crippen molar-refractivity contribution in [2.45, 2.75) is 72.8 Å². The van der Waals surface area contributed by atoms with E-state index in [0.717, 1.165) is 38.8 Å². The number of nitrogens with two attached hydrogens (primary N) is 1. The molecule has 4 rings (SSSR count). The fourth-order valence-electron chi connectivity index (χ4n) is 6.66. The largest absolute Gasteiger partial charge is 0.444 e. The van der Waals surface area contributed by atoms with Crippen molar-refractivity contribution in [2.75, 3.05) is 19.6 Å². The zero-order chi connectivity index (χ0) is 21.9. The summed E-state index contributed by atoms with van der Waals surface area (Å²) >= 11 is 0. The van der Waals surface area contributed by atoms with Crippen molar-refractivity contribution in [1.82, 2.24) is 4.90 Å². The summed E-state index contributed by atoms with van der Waals surface area (Å²) in [5.41, 5.74) is 10.8. The van der Waals surface area contributed by atoms with Crippen molar-refractivity contribution in [2.24, 2.45) is 34.3 Å². The molecule has 2 N–H and O–H groups in total. The standard InChI is InChI=1S/C26H40N2O2/c1-17-22-20-10-8-7-9-18(20)19-11-13-28(23(29)30-24(2,3)4)14-12-21(19)26(17,22)15-25(5,6)16-27/h7-9,17,20,22H,10-16,27H2,1-6H3/t17?,20?,22?,26-/m1/s1. The van der Waals surface area contributed by atoms with Gasteiger partial charge in [0.05, 0.1) is 0 Å². The van der Waals surface area contributed by atoms with Crippen LogP contribution >= 0.6 is 0 Å². The number of nitrogens with zero attached hydrogens (tertiary/aromatic N) is 1. The molecule has 0 aromatic rings. The summed E-state index contributed by atoms with van der Waals surface area (Å²) in [6, 6.07) is 0. The first kappa shape index (κ1) is 21.7. The summed E-state index contributed by atoms with van der Waals surface area (Å²) in [6.45, 7) is 15.1. The fourth-order valence-corrected chi connectivity index (χ4v) is 6.66. The number of rotatable bonds is 3. The molecule has 4 atom stereocenters. The predicted molar refractivity (Wildman–Crippen MR) is 122 cm³/mol. The van der Waals surface area contributed by atoms with E-state index >= 15 is 0 Å². The number of carbonyl (C=O) groups is 1. The maximum Gasteiger partial charge on any atom is 0.410 e. The average Bonchev–Trinajstić information content (AvgIpc) is 3.31. The summed E-state index contributed by atoms with van der Waals surface area (Å²) in [4.78, 5) is 14.7. The first-order chi connectivity index (χ1) is 14.0. The second kappa shape index (κ2) is 7.25. The highest BCUT2D eigenvalue weighted by Gasteiger charge is 2.69. The molecule has 1 fully saturated rings. The van der Waals surface area contributed by atoms with E-state index in [1.165, 1.54) is 0 Å². The number of hydrogen-bond acceptors (Lipinski definition) is 3. The minimum absolute atomic E-state index is 0.129. The van der Waals surface area contributed by atoms with Crippen LogP contribution in [-0.4, -0.2) is 36.2 Å². The molecule has 0 bridgehead atoms. The Morgan fingerprint density at radius 3 is 2.60 bits per heavy atom. The van der Waals surface area contributed by atoms with E-state index in [4.69, 9.17) is 10.5 Å². The van der Waals surface area contributed by atoms with E-state index in [-0.39, 0.29) is 16.9 Å². The van der Waals surface area contributed by atoms with Gasteiger partial charge in [-0.1, -0.05) is 44.6 Å². The van der Waals surface area contributed by atoms with Crippen molar-refractivity contribution in [1.29, 1.82) is 0 Å². The van der Waals surface area contributed by atoms with Gasteiger partial charge in [-0.05, 0) is 92.7 Å². The Morgan fingerprint density at radius 1 is 1.23 bits per heavy atom. The van der Waals surface area contributed by atoms with E-state index in [2.05, 4.69) is 39.0 Å². The molecule has 1 aliphatic heterocycles. The lowest BCUT2D eigenvalue weighted by Crippen LogP contribution is -2.37. The van der Waals surface area contributed by atoms with Gasteiger partial charge in [0.1, 0.15) is 5.60 Å². The molecule has 30 heavy (non-hydrogen) atoms. The minimum Gasteiger partial charge on any atom is -0.444 e. The molecule has 4 aliphatic rings. The summed E-state index contributed by atoms with van der Waals surface area (Å²) < 4.78 is 5.70. The number of carbonyl (C=O) groups excluding carboxylic acids is 1. The van der Waals surface area contributed by atoms with Crippen molar-refractivity contribution in [3.05, 3.63) is 34.9 Å². The van der Waals surface area contributed by atoms with Gasteiger partial charge in [0, 0.05) is 13.1 Å². The van der Waals surface area contributed by atoms with Gasteiger partial charge in [0.25, 0.3) is 0 Å². The molecule has 0 spiro atoms. The number of fused-ring (bicyclic) bond motifs is 5. The van der Waals surface area contributed by atoms with E-state index in [1.54, 1.807) is 16.7 Å². The Kier molecular flexibility index (Phi) is 5.24. The predicted octanol–water partition coefficient (Wildman–Crippen LogP) is 5.46. The lowest BCUT2D eigenvalue weighted by molar-refractivity contribution is 0.0257. The topological polar surface area (TPSA) is 55.6 Å². The first-order valence-corrected chi connectivity index (χ1v) is 11.8. The molecule has 4 nitrogen and oxygen atoms in total. The van der Waals surface area contributed by atoms with Gasteiger partial charge in [0.15, 0.2) is 0 Å². The molecule has 1 heterocycles. The van der Waals surface area contributed by atoms with Crippen LogP contribution in [0, 0.1) is 28.6 Å². The second-order valence-corrected chi connectivity index (χ2v) is 11.7. The quantitative estimate of drug-likeness (QED) is 0.670. The summed E-state index contributed by atoms with van der Waals surface area (Å²) in [5.74, 6) is 2.03. The van der Waals surface area contributed by atoms with E-state index in [0.29, 0.717) is 24.3 Å². The number of ether oxygens (including phenoxy) is 1. The molecule has 3 aliphatic carbocycles. The molecule has 166 valence electrons. The normalized spacial score (nSPS) is 33.2. The zero-order valence-corrected chi connectivity index (χ0v) is 19.8. The number of amides is 1. The average molecular weight is 413 g/mol. The van der Waals surface area contributed by atoms with Crippen LogP contribution < -0.4 is 5.73 Å². The number of hydrogen-bond donors (Lipinski definition) is 1. The highest BCUT2D eigenvalue weighted by molar-refractivity contribution is 5.68. The first-order valence-electron chi connectivity index (χ1n) is 11.8. The lowest BCUT2D eigenvalue weighted by atomic mass is 9.65. The van der Waals surface area contributed by atoms with Crippen LogP contribution in [0.4, 0.5) is 4.79 Å². The van der Waals surface area contributed by atoms with Gasteiger partial charge in [-0.2, -0.15) is 0 Å². The highest BCUT2D eigenvalue weighted by atomic mass is 16.6. The Morgan fingerprint density at radius 2 is 1.93 bits per heavy atom. The maximum atomic E-state index is 12.8. The monoisotopic (exact) mass is 412 g/mol. The molecule has 0 aromatic carbocycles. The van der Waals surface area contributed by atoms with Gasteiger partial charge in [-0.25, -0.2) is 4.79 Å². The van der Waals surface area contributed by atoms with Gasteiger partial charge in [-0.15, -0.1) is 0 Å². The molecule has 0 radical (unpaired) electrons. The van der Waals surface area contributed by atoms with Gasteiger partial charge in [0.2, 0.25) is 0 Å². The van der Waals surface area contributed by atoms with Crippen LogP contribution in [0.1, 0.15) is 67.2 Å². The Balaban J connectivity index is 1.68. The van der Waals surface area contributed by atoms with Crippen LogP contribution in [0.25, 0.3) is 0 Å². The summed E-state index contributed by atoms with van der Waals surface area (Å²) in [6.07, 6.45) is 11.0. The molecule has 1 amide bonds. The molecular weight excluding hydrogens is 372 g/mol. The number of allylic oxidation sites excluding steroid dienone is 4. The fraction of sp³-hybridized carbons (Fsp3) is 0.731. The second-order valence-electron chi connectivity index (χ2n) is 11.7. The molecule has 0 aromatic heterocycles. The van der Waals surface area contributed by atoms with Crippen molar-refractivity contribution in [3.8, 4) is 0 Å². The lowest BCUT2D eigenvalue weighted by Gasteiger charge is -2.39. The Bertz CT molecular complexity index is 813. The third-order valence-electron chi connectivity index (χ3n) is 7.99. The third kappa shape index (κ3) is 3.55. The van der Waals surface area contributed by atoms with E-state index < -0.39 is 5.60 Å². The van der Waals surface area contributed by atoms with Crippen LogP contribution in [0.3, 0.4) is 0 Å². The smallest absolute Gasteiger partial charge is 0.410 e. The third-order valence-corrected chi connectivity index (χ3v) is 7.99. The maximum absolute atomic E-state index is 12.8. The van der Waals surface area contributed by atoms with E-state index in [1.807, 2.05) is 25.7 Å². The zero-order valence-electron chi connectivity index (χ0n) is 19.8. The summed E-state index contributed by atoms with van der Waals surface area (Å²) in [7, 11) is 0. The van der Waals surface area contributed by atoms with Crippen molar-refractivity contribution < 1.29 is 9.53 Å². The van der Waals surface area contributed by atoms with Crippen LogP contribution in [0.5, 0.6) is 0 Å². The summed E-state index contributed by atoms with van der Waals surface area (Å²) in [5, 5.41) is 0. The van der Waals surface area contributed by atoms with E-state index in [9.17, 15) is 4.79 Å². The van der Waals surface area contributed by atoms with Gasteiger partial charge >= 0.3 is 6.09 Å². The Hall–Kier alpha value is -1.55. The molecule has 3 unspecified atom stereocenters. The molecule has 4 heteroatoms. The molecule has 0 saturated heterocycles. The van der Waals surface area contributed by atoms with Crippen LogP contribution in [0.15, 0.2) is 34.9 Å². The minimum atomic E-state index is -0.458. The van der Waals surface area contributed by atoms with Gasteiger partial charge < -0.3 is 15.4 Å². The highest BCUT2D eigenvalue weighted by Crippen LogP contribution is 2.75. The Labute approximate surface area is 182 Å². The van der Waals surface area contributed by atoms with Crippen LogP contribution in [-0.2, 0) is 4.74 Å². The van der Waals surface area contributed by atoms with Crippen molar-refractivity contribution in [3.63, 3.8) is 0 Å². The van der Waals surface area contributed by atoms with Crippen molar-refractivity contribution >= 4 is 6.09 Å². The SMILES string of the molecule is CC1C2C3CC=CC=C3C3=C(CCN(C(=O)OC(C)(C)C)CC3)[C@@]12CC(C)(C)CN. The molecular formula is C26H40N2O2. The van der Waals surface area contributed by atoms with Crippen LogP contribution in [0.2, 0.25) is 0 Å². The molecule has 1 saturated carbocycles.